The molecular formula is C20H19N3O4. The Labute approximate surface area is 155 Å². The number of hydrogen-bond acceptors (Lipinski definition) is 4. The molecule has 7 nitrogen and oxygen atoms in total. The van der Waals surface area contributed by atoms with Gasteiger partial charge in [-0.25, -0.2) is 4.68 Å². The van der Waals surface area contributed by atoms with E-state index < -0.39 is 0 Å². The predicted octanol–water partition coefficient (Wildman–Crippen LogP) is 2.14. The molecular weight excluding hydrogens is 346 g/mol. The summed E-state index contributed by atoms with van der Waals surface area (Å²) in [6, 6.07) is 19.2. The van der Waals surface area contributed by atoms with Gasteiger partial charge in [0.15, 0.2) is 0 Å². The molecule has 0 aliphatic carbocycles. The van der Waals surface area contributed by atoms with Crippen LogP contribution in [-0.2, 0) is 17.9 Å². The van der Waals surface area contributed by atoms with E-state index >= 15 is 0 Å². The molecule has 0 aliphatic rings. The molecule has 0 bridgehead atoms. The van der Waals surface area contributed by atoms with Crippen LogP contribution in [0.4, 0.5) is 5.69 Å². The molecule has 27 heavy (non-hydrogen) atoms. The highest BCUT2D eigenvalue weighted by Crippen LogP contribution is 2.17. The Morgan fingerprint density at radius 2 is 1.70 bits per heavy atom. The highest BCUT2D eigenvalue weighted by atomic mass is 16.5. The van der Waals surface area contributed by atoms with Crippen LogP contribution in [0.15, 0.2) is 76.3 Å². The first-order chi connectivity index (χ1) is 13.1. The molecule has 0 spiro atoms. The summed E-state index contributed by atoms with van der Waals surface area (Å²) >= 11 is 0. The topological polar surface area (TPSA) is 93.2 Å². The van der Waals surface area contributed by atoms with Crippen molar-refractivity contribution in [1.82, 2.24) is 9.78 Å². The average molecular weight is 365 g/mol. The van der Waals surface area contributed by atoms with Gasteiger partial charge in [-0.15, -0.1) is 0 Å². The van der Waals surface area contributed by atoms with Crippen LogP contribution in [0.25, 0.3) is 0 Å². The molecule has 0 saturated carbocycles. The lowest BCUT2D eigenvalue weighted by atomic mass is 10.2. The molecule has 0 fully saturated rings. The summed E-state index contributed by atoms with van der Waals surface area (Å²) in [5, 5.41) is 5.13. The lowest BCUT2D eigenvalue weighted by Gasteiger charge is -2.09. The molecule has 0 atom stereocenters. The quantitative estimate of drug-likeness (QED) is 0.671. The van der Waals surface area contributed by atoms with Crippen molar-refractivity contribution in [2.24, 2.45) is 0 Å². The maximum Gasteiger partial charge on any atom is 0.265 e. The molecule has 0 aliphatic heterocycles. The molecule has 1 amide bonds. The van der Waals surface area contributed by atoms with Gasteiger partial charge in [-0.2, -0.15) is 0 Å². The average Bonchev–Trinajstić information content (AvgIpc) is 2.69. The zero-order valence-corrected chi connectivity index (χ0v) is 14.6. The monoisotopic (exact) mass is 365 g/mol. The molecule has 7 heteroatoms. The Morgan fingerprint density at radius 1 is 0.963 bits per heavy atom. The maximum absolute atomic E-state index is 12.0. The molecule has 2 aromatic carbocycles. The smallest absolute Gasteiger partial charge is 0.265 e. The summed E-state index contributed by atoms with van der Waals surface area (Å²) in [6.07, 6.45) is 0.0616. The summed E-state index contributed by atoms with van der Waals surface area (Å²) in [5.74, 6) is 0.440. The number of nitrogens with one attached hydrogen (secondary N) is 2. The lowest BCUT2D eigenvalue weighted by molar-refractivity contribution is -0.116. The highest BCUT2D eigenvalue weighted by Gasteiger charge is 2.05. The van der Waals surface area contributed by atoms with Gasteiger partial charge < -0.3 is 10.1 Å². The number of ether oxygens (including phenoxy) is 1. The van der Waals surface area contributed by atoms with Gasteiger partial charge in [-0.1, -0.05) is 30.3 Å². The number of anilines is 1. The number of hydrogen-bond donors (Lipinski definition) is 2. The Hall–Kier alpha value is -3.61. The standard InChI is InChI=1S/C20H19N3O4/c24-18(12-13-23-20(26)11-10-19(25)22-23)21-16-6-8-17(9-7-16)27-14-15-4-2-1-3-5-15/h1-11H,12-14H2,(H,21,24)(H,22,25). The fourth-order valence-electron chi connectivity index (χ4n) is 2.44. The van der Waals surface area contributed by atoms with Gasteiger partial charge in [0.2, 0.25) is 5.91 Å². The molecule has 3 aromatic rings. The molecule has 0 unspecified atom stereocenters. The van der Waals surface area contributed by atoms with Crippen molar-refractivity contribution >= 4 is 11.6 Å². The minimum atomic E-state index is -0.388. The Balaban J connectivity index is 1.50. The second-order valence-corrected chi connectivity index (χ2v) is 5.90. The molecule has 3 rings (SSSR count). The number of rotatable bonds is 7. The van der Waals surface area contributed by atoms with Crippen LogP contribution in [0.3, 0.4) is 0 Å². The molecule has 0 saturated heterocycles. The van der Waals surface area contributed by atoms with Crippen LogP contribution in [-0.4, -0.2) is 15.7 Å². The van der Waals surface area contributed by atoms with Gasteiger partial charge in [-0.05, 0) is 29.8 Å². The second kappa shape index (κ2) is 8.66. The summed E-state index contributed by atoms with van der Waals surface area (Å²) in [6.45, 7) is 0.565. The molecule has 2 N–H and O–H groups in total. The number of aryl methyl sites for hydroxylation is 1. The van der Waals surface area contributed by atoms with Crippen molar-refractivity contribution in [3.8, 4) is 5.75 Å². The Morgan fingerprint density at radius 3 is 2.44 bits per heavy atom. The van der Waals surface area contributed by atoms with Crippen LogP contribution in [0.2, 0.25) is 0 Å². The number of H-pyrrole nitrogens is 1. The summed E-state index contributed by atoms with van der Waals surface area (Å²) in [5.41, 5.74) is 0.952. The Kier molecular flexibility index (Phi) is 5.84. The van der Waals surface area contributed by atoms with Gasteiger partial charge in [-0.3, -0.25) is 19.5 Å². The third kappa shape index (κ3) is 5.43. The lowest BCUT2D eigenvalue weighted by Crippen LogP contribution is -2.29. The van der Waals surface area contributed by atoms with Gasteiger partial charge in [0, 0.05) is 24.2 Å². The van der Waals surface area contributed by atoms with Crippen LogP contribution >= 0.6 is 0 Å². The molecule has 1 aromatic heterocycles. The van der Waals surface area contributed by atoms with E-state index in [-0.39, 0.29) is 30.0 Å². The molecule has 0 radical (unpaired) electrons. The fraction of sp³-hybridized carbons (Fsp3) is 0.150. The van der Waals surface area contributed by atoms with Crippen molar-refractivity contribution in [3.05, 3.63) is 93.0 Å². The normalized spacial score (nSPS) is 10.4. The van der Waals surface area contributed by atoms with Gasteiger partial charge in [0.05, 0.1) is 6.54 Å². The fourth-order valence-corrected chi connectivity index (χ4v) is 2.44. The summed E-state index contributed by atoms with van der Waals surface area (Å²) in [4.78, 5) is 34.8. The van der Waals surface area contributed by atoms with Crippen LogP contribution < -0.4 is 21.2 Å². The van der Waals surface area contributed by atoms with Crippen molar-refractivity contribution in [2.45, 2.75) is 19.6 Å². The first-order valence-electron chi connectivity index (χ1n) is 8.47. The van der Waals surface area contributed by atoms with Crippen molar-refractivity contribution < 1.29 is 9.53 Å². The number of aromatic amines is 1. The number of carbonyl (C=O) groups excluding carboxylic acids is 1. The van der Waals surface area contributed by atoms with E-state index in [1.54, 1.807) is 24.3 Å². The van der Waals surface area contributed by atoms with E-state index in [4.69, 9.17) is 4.74 Å². The predicted molar refractivity (Wildman–Crippen MR) is 102 cm³/mol. The van der Waals surface area contributed by atoms with E-state index in [1.807, 2.05) is 30.3 Å². The number of aromatic nitrogens is 2. The van der Waals surface area contributed by atoms with Crippen LogP contribution in [0.5, 0.6) is 5.75 Å². The van der Waals surface area contributed by atoms with E-state index in [2.05, 4.69) is 10.4 Å². The number of carbonyl (C=O) groups is 1. The molecule has 1 heterocycles. The van der Waals surface area contributed by atoms with Crippen molar-refractivity contribution in [2.75, 3.05) is 5.32 Å². The van der Waals surface area contributed by atoms with Crippen LogP contribution in [0, 0.1) is 0 Å². The third-order valence-corrected chi connectivity index (χ3v) is 3.84. The maximum atomic E-state index is 12.0. The summed E-state index contributed by atoms with van der Waals surface area (Å²) < 4.78 is 6.81. The zero-order chi connectivity index (χ0) is 19.1. The zero-order valence-electron chi connectivity index (χ0n) is 14.6. The van der Waals surface area contributed by atoms with Crippen LogP contribution in [0.1, 0.15) is 12.0 Å². The minimum Gasteiger partial charge on any atom is -0.489 e. The van der Waals surface area contributed by atoms with Gasteiger partial charge in [0.1, 0.15) is 12.4 Å². The number of nitrogens with zero attached hydrogens (tertiary/aromatic N) is 1. The van der Waals surface area contributed by atoms with Gasteiger partial charge >= 0.3 is 0 Å². The van der Waals surface area contributed by atoms with Crippen molar-refractivity contribution in [3.63, 3.8) is 0 Å². The van der Waals surface area contributed by atoms with E-state index in [0.717, 1.165) is 16.3 Å². The first kappa shape index (κ1) is 18.2. The van der Waals surface area contributed by atoms with Gasteiger partial charge in [0.25, 0.3) is 11.1 Å². The SMILES string of the molecule is O=C(CCn1[nH]c(=O)ccc1=O)Nc1ccc(OCc2ccccc2)cc1. The van der Waals surface area contributed by atoms with E-state index in [9.17, 15) is 14.4 Å². The van der Waals surface area contributed by atoms with E-state index in [1.165, 1.54) is 6.07 Å². The number of benzene rings is 2. The Bertz CT molecular complexity index is 1010. The first-order valence-corrected chi connectivity index (χ1v) is 8.47. The van der Waals surface area contributed by atoms with E-state index in [0.29, 0.717) is 18.0 Å². The largest absolute Gasteiger partial charge is 0.489 e. The second-order valence-electron chi connectivity index (χ2n) is 5.90. The van der Waals surface area contributed by atoms with Crippen molar-refractivity contribution in [1.29, 1.82) is 0 Å². The summed E-state index contributed by atoms with van der Waals surface area (Å²) in [7, 11) is 0. The third-order valence-electron chi connectivity index (χ3n) is 3.84. The highest BCUT2D eigenvalue weighted by molar-refractivity contribution is 5.90. The minimum absolute atomic E-state index is 0.0616. The number of amides is 1. The molecule has 138 valence electrons.